The van der Waals surface area contributed by atoms with Gasteiger partial charge in [0, 0.05) is 4.47 Å². The molecule has 0 atom stereocenters. The van der Waals surface area contributed by atoms with E-state index in [0.29, 0.717) is 38.7 Å². The van der Waals surface area contributed by atoms with Crippen LogP contribution < -0.4 is 14.9 Å². The summed E-state index contributed by atoms with van der Waals surface area (Å²) >= 11 is 9.51. The van der Waals surface area contributed by atoms with E-state index < -0.39 is 0 Å². The molecule has 0 saturated heterocycles. The van der Waals surface area contributed by atoms with Crippen LogP contribution in [0.1, 0.15) is 22.8 Å². The number of halogens is 2. The summed E-state index contributed by atoms with van der Waals surface area (Å²) in [7, 11) is 1.53. The number of methoxy groups -OCH3 is 1. The Morgan fingerprint density at radius 2 is 2.12 bits per heavy atom. The summed E-state index contributed by atoms with van der Waals surface area (Å²) in [5.41, 5.74) is 3.64. The molecule has 24 heavy (non-hydrogen) atoms. The maximum absolute atomic E-state index is 12.1. The van der Waals surface area contributed by atoms with Crippen molar-refractivity contribution in [2.24, 2.45) is 5.10 Å². The summed E-state index contributed by atoms with van der Waals surface area (Å²) in [4.78, 5) is 12.1. The van der Waals surface area contributed by atoms with Crippen molar-refractivity contribution in [3.05, 3.63) is 57.0 Å². The monoisotopic (exact) mass is 410 g/mol. The Hall–Kier alpha value is -2.05. The molecule has 1 N–H and O–H groups in total. The van der Waals surface area contributed by atoms with E-state index in [4.69, 9.17) is 21.1 Å². The smallest absolute Gasteiger partial charge is 0.272 e. The molecule has 0 bridgehead atoms. The van der Waals surface area contributed by atoms with Crippen LogP contribution in [0.5, 0.6) is 11.5 Å². The van der Waals surface area contributed by atoms with Gasteiger partial charge in [-0.15, -0.1) is 0 Å². The van der Waals surface area contributed by atoms with Crippen molar-refractivity contribution in [2.75, 3.05) is 13.7 Å². The first kappa shape index (κ1) is 18.3. The Balaban J connectivity index is 2.13. The summed E-state index contributed by atoms with van der Waals surface area (Å²) in [5.74, 6) is 0.668. The van der Waals surface area contributed by atoms with Crippen molar-refractivity contribution >= 4 is 39.7 Å². The lowest BCUT2D eigenvalue weighted by Gasteiger charge is -2.11. The number of rotatable bonds is 6. The van der Waals surface area contributed by atoms with Crippen molar-refractivity contribution in [1.29, 1.82) is 0 Å². The van der Waals surface area contributed by atoms with Crippen molar-refractivity contribution in [3.8, 4) is 11.5 Å². The van der Waals surface area contributed by atoms with E-state index in [1.807, 2.05) is 13.0 Å². The minimum absolute atomic E-state index is 0.317. The topological polar surface area (TPSA) is 59.9 Å². The lowest BCUT2D eigenvalue weighted by atomic mass is 10.2. The van der Waals surface area contributed by atoms with Gasteiger partial charge in [0.2, 0.25) is 0 Å². The third-order valence-electron chi connectivity index (χ3n) is 3.04. The van der Waals surface area contributed by atoms with E-state index in [1.165, 1.54) is 13.3 Å². The summed E-state index contributed by atoms with van der Waals surface area (Å²) in [6.07, 6.45) is 1.48. The summed E-state index contributed by atoms with van der Waals surface area (Å²) < 4.78 is 11.4. The SMILES string of the molecule is CCOc1c(Cl)cc(/C=N/NC(=O)c2ccccc2Br)cc1OC. The Morgan fingerprint density at radius 1 is 1.38 bits per heavy atom. The average molecular weight is 412 g/mol. The molecule has 0 radical (unpaired) electrons. The number of hydrogen-bond acceptors (Lipinski definition) is 4. The van der Waals surface area contributed by atoms with Gasteiger partial charge < -0.3 is 9.47 Å². The van der Waals surface area contributed by atoms with Gasteiger partial charge in [0.25, 0.3) is 5.91 Å². The average Bonchev–Trinajstić information content (AvgIpc) is 2.57. The first-order valence-electron chi connectivity index (χ1n) is 7.15. The Kier molecular flexibility index (Phi) is 6.63. The molecule has 0 aliphatic heterocycles. The maximum Gasteiger partial charge on any atom is 0.272 e. The lowest BCUT2D eigenvalue weighted by molar-refractivity contribution is 0.0954. The van der Waals surface area contributed by atoms with E-state index in [1.54, 1.807) is 30.3 Å². The molecule has 0 unspecified atom stereocenters. The minimum Gasteiger partial charge on any atom is -0.493 e. The third-order valence-corrected chi connectivity index (χ3v) is 4.01. The van der Waals surface area contributed by atoms with Crippen LogP contribution in [0, 0.1) is 0 Å². The molecule has 0 aliphatic carbocycles. The second-order valence-electron chi connectivity index (χ2n) is 4.65. The number of ether oxygens (including phenoxy) is 2. The lowest BCUT2D eigenvalue weighted by Crippen LogP contribution is -2.18. The highest BCUT2D eigenvalue weighted by Gasteiger charge is 2.11. The van der Waals surface area contributed by atoms with Gasteiger partial charge in [-0.05, 0) is 52.7 Å². The van der Waals surface area contributed by atoms with Crippen LogP contribution in [0.4, 0.5) is 0 Å². The van der Waals surface area contributed by atoms with Crippen molar-refractivity contribution in [3.63, 3.8) is 0 Å². The Morgan fingerprint density at radius 3 is 2.79 bits per heavy atom. The van der Waals surface area contributed by atoms with Gasteiger partial charge in [0.15, 0.2) is 11.5 Å². The fourth-order valence-electron chi connectivity index (χ4n) is 1.97. The Bertz CT molecular complexity index is 765. The van der Waals surface area contributed by atoms with E-state index >= 15 is 0 Å². The highest BCUT2D eigenvalue weighted by Crippen LogP contribution is 2.35. The zero-order valence-electron chi connectivity index (χ0n) is 13.2. The van der Waals surface area contributed by atoms with Crippen LogP contribution in [0.25, 0.3) is 0 Å². The van der Waals surface area contributed by atoms with Gasteiger partial charge in [0.1, 0.15) is 0 Å². The van der Waals surface area contributed by atoms with Crippen LogP contribution in [0.2, 0.25) is 5.02 Å². The van der Waals surface area contributed by atoms with Crippen LogP contribution in [0.15, 0.2) is 46.0 Å². The van der Waals surface area contributed by atoms with E-state index in [-0.39, 0.29) is 5.91 Å². The standard InChI is InChI=1S/C17H16BrClN2O3/c1-3-24-16-14(19)8-11(9-15(16)23-2)10-20-21-17(22)12-6-4-5-7-13(12)18/h4-10H,3H2,1-2H3,(H,21,22)/b20-10+. The molecule has 126 valence electrons. The molecule has 0 spiro atoms. The predicted octanol–water partition coefficient (Wildman–Crippen LogP) is 4.27. The fraction of sp³-hybridized carbons (Fsp3) is 0.176. The van der Waals surface area contributed by atoms with Gasteiger partial charge in [-0.1, -0.05) is 23.7 Å². The highest BCUT2D eigenvalue weighted by molar-refractivity contribution is 9.10. The second kappa shape index (κ2) is 8.70. The number of hydrogen-bond donors (Lipinski definition) is 1. The second-order valence-corrected chi connectivity index (χ2v) is 5.91. The summed E-state index contributed by atoms with van der Waals surface area (Å²) in [6.45, 7) is 2.34. The van der Waals surface area contributed by atoms with E-state index in [9.17, 15) is 4.79 Å². The Labute approximate surface area is 153 Å². The number of nitrogens with one attached hydrogen (secondary N) is 1. The molecule has 2 aromatic rings. The molecule has 0 aliphatic rings. The molecular formula is C17H16BrClN2O3. The van der Waals surface area contributed by atoms with Crippen LogP contribution in [0.3, 0.4) is 0 Å². The van der Waals surface area contributed by atoms with Gasteiger partial charge in [-0.2, -0.15) is 5.10 Å². The first-order chi connectivity index (χ1) is 11.6. The van der Waals surface area contributed by atoms with E-state index in [2.05, 4.69) is 26.5 Å². The zero-order valence-corrected chi connectivity index (χ0v) is 15.5. The fourth-order valence-corrected chi connectivity index (χ4v) is 2.71. The van der Waals surface area contributed by atoms with Gasteiger partial charge in [-0.25, -0.2) is 5.43 Å². The molecule has 0 aromatic heterocycles. The number of benzene rings is 2. The summed E-state index contributed by atoms with van der Waals surface area (Å²) in [6, 6.07) is 10.5. The van der Waals surface area contributed by atoms with Gasteiger partial charge in [-0.3, -0.25) is 4.79 Å². The molecule has 5 nitrogen and oxygen atoms in total. The molecule has 7 heteroatoms. The molecule has 0 fully saturated rings. The molecule has 2 rings (SSSR count). The van der Waals surface area contributed by atoms with Crippen LogP contribution >= 0.6 is 27.5 Å². The van der Waals surface area contributed by atoms with Crippen molar-refractivity contribution in [2.45, 2.75) is 6.92 Å². The summed E-state index contributed by atoms with van der Waals surface area (Å²) in [5, 5.41) is 4.36. The molecule has 1 amide bonds. The largest absolute Gasteiger partial charge is 0.493 e. The maximum atomic E-state index is 12.1. The highest BCUT2D eigenvalue weighted by atomic mass is 79.9. The van der Waals surface area contributed by atoms with E-state index in [0.717, 1.165) is 0 Å². The number of amides is 1. The number of carbonyl (C=O) groups excluding carboxylic acids is 1. The van der Waals surface area contributed by atoms with Gasteiger partial charge in [0.05, 0.1) is 30.5 Å². The first-order valence-corrected chi connectivity index (χ1v) is 8.32. The zero-order chi connectivity index (χ0) is 17.5. The van der Waals surface area contributed by atoms with Gasteiger partial charge >= 0.3 is 0 Å². The predicted molar refractivity (Wildman–Crippen MR) is 98.4 cm³/mol. The molecule has 2 aromatic carbocycles. The minimum atomic E-state index is -0.317. The van der Waals surface area contributed by atoms with Crippen LogP contribution in [-0.4, -0.2) is 25.8 Å². The van der Waals surface area contributed by atoms with Crippen molar-refractivity contribution in [1.82, 2.24) is 5.43 Å². The third kappa shape index (κ3) is 4.49. The quantitative estimate of drug-likeness (QED) is 0.570. The number of carbonyl (C=O) groups is 1. The van der Waals surface area contributed by atoms with Crippen molar-refractivity contribution < 1.29 is 14.3 Å². The molecule has 0 saturated carbocycles. The number of nitrogens with zero attached hydrogens (tertiary/aromatic N) is 1. The molecular weight excluding hydrogens is 396 g/mol. The number of hydrazone groups is 1. The van der Waals surface area contributed by atoms with Crippen LogP contribution in [-0.2, 0) is 0 Å². The molecule has 0 heterocycles. The normalized spacial score (nSPS) is 10.7.